The Balaban J connectivity index is 3.21. The molecule has 0 aliphatic rings. The highest BCUT2D eigenvalue weighted by molar-refractivity contribution is 6.51. The van der Waals surface area contributed by atoms with Gasteiger partial charge in [0, 0.05) is 12.5 Å². The van der Waals surface area contributed by atoms with Crippen molar-refractivity contribution in [3.63, 3.8) is 0 Å². The third kappa shape index (κ3) is 5.27. The van der Waals surface area contributed by atoms with Gasteiger partial charge in [0.05, 0.1) is 0 Å². The summed E-state index contributed by atoms with van der Waals surface area (Å²) in [5.74, 6) is 0.788. The van der Waals surface area contributed by atoms with Gasteiger partial charge in [0.2, 0.25) is 0 Å². The van der Waals surface area contributed by atoms with Gasteiger partial charge in [0.15, 0.2) is 9.04 Å². The zero-order valence-corrected chi connectivity index (χ0v) is 8.81. The largest absolute Gasteiger partial charge is 0.420 e. The number of hydrogen-bond donors (Lipinski definition) is 0. The van der Waals surface area contributed by atoms with Crippen molar-refractivity contribution in [2.45, 2.75) is 32.4 Å². The first-order valence-electron chi connectivity index (χ1n) is 4.02. The van der Waals surface area contributed by atoms with Gasteiger partial charge in [0.25, 0.3) is 0 Å². The molecule has 0 rings (SSSR count). The molecule has 0 aromatic heterocycles. The summed E-state index contributed by atoms with van der Waals surface area (Å²) in [6, 6.07) is 2.48. The van der Waals surface area contributed by atoms with E-state index in [0.29, 0.717) is 0 Å². The van der Waals surface area contributed by atoms with E-state index in [-0.39, 0.29) is 0 Å². The summed E-state index contributed by atoms with van der Waals surface area (Å²) in [5.41, 5.74) is 0. The van der Waals surface area contributed by atoms with E-state index >= 15 is 0 Å². The standard InChI is InChI=1S/C7H17ClOSi/c1-3-9-10(4-2)7-5-6-8/h10H,3-7H2,1-2H3. The van der Waals surface area contributed by atoms with Crippen LogP contribution in [0, 0.1) is 0 Å². The summed E-state index contributed by atoms with van der Waals surface area (Å²) in [6.45, 7) is 5.16. The van der Waals surface area contributed by atoms with Gasteiger partial charge in [-0.1, -0.05) is 6.92 Å². The maximum atomic E-state index is 5.57. The lowest BCUT2D eigenvalue weighted by molar-refractivity contribution is 0.341. The molecule has 1 atom stereocenters. The molecule has 0 saturated heterocycles. The number of alkyl halides is 1. The number of rotatable bonds is 6. The molecule has 1 nitrogen and oxygen atoms in total. The molecule has 10 heavy (non-hydrogen) atoms. The highest BCUT2D eigenvalue weighted by Gasteiger charge is 2.06. The fourth-order valence-corrected chi connectivity index (χ4v) is 3.30. The molecule has 62 valence electrons. The van der Waals surface area contributed by atoms with Crippen LogP contribution in [-0.2, 0) is 4.43 Å². The van der Waals surface area contributed by atoms with Gasteiger partial charge in [-0.05, 0) is 25.4 Å². The van der Waals surface area contributed by atoms with Crippen LogP contribution in [0.1, 0.15) is 20.3 Å². The lowest BCUT2D eigenvalue weighted by Gasteiger charge is -2.11. The van der Waals surface area contributed by atoms with Gasteiger partial charge in [-0.25, -0.2) is 0 Å². The molecule has 0 spiro atoms. The Kier molecular flexibility index (Phi) is 7.93. The third-order valence-corrected chi connectivity index (χ3v) is 4.55. The lowest BCUT2D eigenvalue weighted by atomic mass is 10.6. The minimum absolute atomic E-state index is 0.788. The summed E-state index contributed by atoms with van der Waals surface area (Å²) < 4.78 is 5.57. The quantitative estimate of drug-likeness (QED) is 0.451. The molecule has 0 aliphatic carbocycles. The zero-order valence-electron chi connectivity index (χ0n) is 6.90. The van der Waals surface area contributed by atoms with E-state index in [4.69, 9.17) is 16.0 Å². The van der Waals surface area contributed by atoms with Crippen molar-refractivity contribution in [3.05, 3.63) is 0 Å². The monoisotopic (exact) mass is 180 g/mol. The van der Waals surface area contributed by atoms with Crippen molar-refractivity contribution < 1.29 is 4.43 Å². The van der Waals surface area contributed by atoms with Crippen LogP contribution in [0.3, 0.4) is 0 Å². The normalized spacial score (nSPS) is 13.5. The van der Waals surface area contributed by atoms with Gasteiger partial charge < -0.3 is 4.43 Å². The van der Waals surface area contributed by atoms with Gasteiger partial charge >= 0.3 is 0 Å². The van der Waals surface area contributed by atoms with Gasteiger partial charge in [-0.3, -0.25) is 0 Å². The fraction of sp³-hybridized carbons (Fsp3) is 1.00. The summed E-state index contributed by atoms with van der Waals surface area (Å²) in [7, 11) is -0.815. The summed E-state index contributed by atoms with van der Waals surface area (Å²) in [4.78, 5) is 0. The van der Waals surface area contributed by atoms with Crippen LogP contribution in [0.15, 0.2) is 0 Å². The van der Waals surface area contributed by atoms with Crippen LogP contribution in [-0.4, -0.2) is 21.5 Å². The average Bonchev–Trinajstić information content (AvgIpc) is 1.98. The fourth-order valence-electron chi connectivity index (χ4n) is 0.946. The molecule has 0 amide bonds. The second-order valence-electron chi connectivity index (χ2n) is 2.32. The highest BCUT2D eigenvalue weighted by atomic mass is 35.5. The SMILES string of the molecule is CCO[SiH](CC)CCCCl. The lowest BCUT2D eigenvalue weighted by Crippen LogP contribution is -2.16. The second-order valence-corrected chi connectivity index (χ2v) is 5.67. The van der Waals surface area contributed by atoms with Crippen LogP contribution in [0.5, 0.6) is 0 Å². The molecule has 0 saturated carbocycles. The Bertz CT molecular complexity index is 70.6. The molecule has 1 unspecified atom stereocenters. The van der Waals surface area contributed by atoms with E-state index < -0.39 is 9.04 Å². The van der Waals surface area contributed by atoms with Gasteiger partial charge in [-0.15, -0.1) is 11.6 Å². The first kappa shape index (κ1) is 10.5. The van der Waals surface area contributed by atoms with Crippen molar-refractivity contribution in [3.8, 4) is 0 Å². The van der Waals surface area contributed by atoms with E-state index in [2.05, 4.69) is 13.8 Å². The highest BCUT2D eigenvalue weighted by Crippen LogP contribution is 2.04. The van der Waals surface area contributed by atoms with Crippen molar-refractivity contribution >= 4 is 20.6 Å². The van der Waals surface area contributed by atoms with Crippen LogP contribution >= 0.6 is 11.6 Å². The Hall–Kier alpha value is 0.467. The first-order chi connectivity index (χ1) is 4.85. The Morgan fingerprint density at radius 1 is 1.40 bits per heavy atom. The maximum absolute atomic E-state index is 5.57. The molecule has 0 N–H and O–H groups in total. The van der Waals surface area contributed by atoms with Crippen molar-refractivity contribution in [2.75, 3.05) is 12.5 Å². The Morgan fingerprint density at radius 3 is 2.50 bits per heavy atom. The number of halogens is 1. The topological polar surface area (TPSA) is 9.23 Å². The van der Waals surface area contributed by atoms with Crippen molar-refractivity contribution in [2.24, 2.45) is 0 Å². The minimum Gasteiger partial charge on any atom is -0.420 e. The maximum Gasteiger partial charge on any atom is 0.176 e. The van der Waals surface area contributed by atoms with E-state index in [1.807, 2.05) is 0 Å². The predicted molar refractivity (Wildman–Crippen MR) is 49.4 cm³/mol. The van der Waals surface area contributed by atoms with Gasteiger partial charge in [-0.2, -0.15) is 0 Å². The van der Waals surface area contributed by atoms with E-state index in [1.54, 1.807) is 0 Å². The third-order valence-electron chi connectivity index (χ3n) is 1.52. The van der Waals surface area contributed by atoms with Crippen molar-refractivity contribution in [1.82, 2.24) is 0 Å². The molecular weight excluding hydrogens is 164 g/mol. The summed E-state index contributed by atoms with van der Waals surface area (Å²) in [5, 5.41) is 0. The predicted octanol–water partition coefficient (Wildman–Crippen LogP) is 2.40. The van der Waals surface area contributed by atoms with Crippen LogP contribution in [0.2, 0.25) is 12.1 Å². The summed E-state index contributed by atoms with van der Waals surface area (Å²) >= 11 is 5.57. The Morgan fingerprint density at radius 2 is 2.10 bits per heavy atom. The zero-order chi connectivity index (χ0) is 7.82. The molecule has 0 radical (unpaired) electrons. The van der Waals surface area contributed by atoms with Crippen LogP contribution in [0.4, 0.5) is 0 Å². The van der Waals surface area contributed by atoms with Crippen LogP contribution < -0.4 is 0 Å². The molecule has 0 bridgehead atoms. The number of hydrogen-bond acceptors (Lipinski definition) is 1. The molecule has 0 heterocycles. The smallest absolute Gasteiger partial charge is 0.176 e. The molecule has 0 fully saturated rings. The second kappa shape index (κ2) is 7.57. The summed E-state index contributed by atoms with van der Waals surface area (Å²) in [6.07, 6.45) is 1.13. The molecule has 0 aromatic carbocycles. The van der Waals surface area contributed by atoms with E-state index in [1.165, 1.54) is 12.1 Å². The van der Waals surface area contributed by atoms with Gasteiger partial charge in [0.1, 0.15) is 0 Å². The Labute approximate surface area is 70.4 Å². The molecular formula is C7H17ClOSi. The average molecular weight is 181 g/mol. The van der Waals surface area contributed by atoms with Crippen molar-refractivity contribution in [1.29, 1.82) is 0 Å². The van der Waals surface area contributed by atoms with Crippen LogP contribution in [0.25, 0.3) is 0 Å². The molecule has 3 heteroatoms. The first-order valence-corrected chi connectivity index (χ1v) is 6.66. The molecule has 0 aromatic rings. The molecule has 0 aliphatic heterocycles. The van der Waals surface area contributed by atoms with E-state index in [9.17, 15) is 0 Å². The van der Waals surface area contributed by atoms with E-state index in [0.717, 1.165) is 18.9 Å². The minimum atomic E-state index is -0.815.